The molecule has 1 aromatic rings. The smallest absolute Gasteiger partial charge is 0.308 e. The van der Waals surface area contributed by atoms with E-state index in [4.69, 9.17) is 14.2 Å². The number of methoxy groups -OCH3 is 2. The highest BCUT2D eigenvalue weighted by Crippen LogP contribution is 2.33. The van der Waals surface area contributed by atoms with Crippen molar-refractivity contribution in [2.75, 3.05) is 14.2 Å². The molecule has 0 atom stereocenters. The Morgan fingerprint density at radius 2 is 2.00 bits per heavy atom. The minimum absolute atomic E-state index is 0.0865. The highest BCUT2D eigenvalue weighted by Gasteiger charge is 2.29. The quantitative estimate of drug-likeness (QED) is 0.466. The van der Waals surface area contributed by atoms with Gasteiger partial charge >= 0.3 is 5.97 Å². The first-order valence-electron chi connectivity index (χ1n) is 6.98. The van der Waals surface area contributed by atoms with E-state index in [2.05, 4.69) is 4.98 Å². The molecule has 2 rings (SSSR count). The Kier molecular flexibility index (Phi) is 5.13. The maximum atomic E-state index is 11.5. The summed E-state index contributed by atoms with van der Waals surface area (Å²) < 4.78 is 15.6. The number of esters is 1. The van der Waals surface area contributed by atoms with E-state index in [1.54, 1.807) is 0 Å². The summed E-state index contributed by atoms with van der Waals surface area (Å²) in [6.07, 6.45) is 3.81. The Hall–Kier alpha value is -2.38. The van der Waals surface area contributed by atoms with Crippen LogP contribution in [0, 0.1) is 16.0 Å². The zero-order valence-electron chi connectivity index (χ0n) is 12.5. The van der Waals surface area contributed by atoms with Crippen LogP contribution >= 0.6 is 0 Å². The number of rotatable bonds is 5. The average molecular weight is 310 g/mol. The SMILES string of the molecule is COc1cc([N+](=O)[O-])cnc1O[C@H]1CC[C@@H](C(=O)OC)CC1. The third-order valence-corrected chi connectivity index (χ3v) is 3.72. The minimum Gasteiger partial charge on any atom is -0.491 e. The summed E-state index contributed by atoms with van der Waals surface area (Å²) in [4.78, 5) is 25.6. The number of hydrogen-bond donors (Lipinski definition) is 0. The normalized spacial score (nSPS) is 21.0. The molecule has 120 valence electrons. The molecule has 0 saturated heterocycles. The van der Waals surface area contributed by atoms with Gasteiger partial charge in [-0.25, -0.2) is 4.98 Å². The fourth-order valence-electron chi connectivity index (χ4n) is 2.50. The highest BCUT2D eigenvalue weighted by molar-refractivity contribution is 5.72. The molecule has 1 aromatic heterocycles. The van der Waals surface area contributed by atoms with Crippen molar-refractivity contribution in [2.45, 2.75) is 31.8 Å². The number of pyridine rings is 1. The first-order chi connectivity index (χ1) is 10.5. The molecule has 0 bridgehead atoms. The van der Waals surface area contributed by atoms with Crippen molar-refractivity contribution in [3.8, 4) is 11.6 Å². The van der Waals surface area contributed by atoms with Crippen molar-refractivity contribution in [2.24, 2.45) is 5.92 Å². The van der Waals surface area contributed by atoms with E-state index in [9.17, 15) is 14.9 Å². The predicted octanol–water partition coefficient (Wildman–Crippen LogP) is 2.11. The van der Waals surface area contributed by atoms with Crippen LogP contribution in [0.3, 0.4) is 0 Å². The van der Waals surface area contributed by atoms with Gasteiger partial charge < -0.3 is 14.2 Å². The molecule has 1 saturated carbocycles. The summed E-state index contributed by atoms with van der Waals surface area (Å²) >= 11 is 0. The summed E-state index contributed by atoms with van der Waals surface area (Å²) in [7, 11) is 2.79. The first kappa shape index (κ1) is 16.0. The van der Waals surface area contributed by atoms with Gasteiger partial charge in [-0.3, -0.25) is 14.9 Å². The summed E-state index contributed by atoms with van der Waals surface area (Å²) in [5, 5.41) is 10.7. The van der Waals surface area contributed by atoms with Gasteiger partial charge in [-0.2, -0.15) is 0 Å². The topological polar surface area (TPSA) is 101 Å². The Balaban J connectivity index is 2.00. The predicted molar refractivity (Wildman–Crippen MR) is 75.8 cm³/mol. The molecule has 0 amide bonds. The second-order valence-electron chi connectivity index (χ2n) is 5.07. The molecule has 0 spiro atoms. The summed E-state index contributed by atoms with van der Waals surface area (Å²) in [5.74, 6) is 0.181. The van der Waals surface area contributed by atoms with Crippen LogP contribution in [0.1, 0.15) is 25.7 Å². The highest BCUT2D eigenvalue weighted by atomic mass is 16.6. The van der Waals surface area contributed by atoms with Crippen LogP contribution in [0.4, 0.5) is 5.69 Å². The molecular formula is C14H18N2O6. The summed E-state index contributed by atoms with van der Waals surface area (Å²) in [6, 6.07) is 1.28. The lowest BCUT2D eigenvalue weighted by molar-refractivity contribution is -0.385. The standard InChI is InChI=1S/C14H18N2O6/c1-20-12-7-10(16(18)19)8-15-13(12)22-11-5-3-9(4-6-11)14(17)21-2/h7-9,11H,3-6H2,1-2H3/t9-,11+. The zero-order chi connectivity index (χ0) is 16.1. The Bertz CT molecular complexity index is 554. The molecule has 0 radical (unpaired) electrons. The number of ether oxygens (including phenoxy) is 3. The maximum absolute atomic E-state index is 11.5. The molecule has 1 heterocycles. The fourth-order valence-corrected chi connectivity index (χ4v) is 2.50. The van der Waals surface area contributed by atoms with Crippen LogP contribution in [0.15, 0.2) is 12.3 Å². The third kappa shape index (κ3) is 3.63. The summed E-state index contributed by atoms with van der Waals surface area (Å²) in [5.41, 5.74) is -0.154. The van der Waals surface area contributed by atoms with E-state index in [0.29, 0.717) is 25.7 Å². The van der Waals surface area contributed by atoms with E-state index in [1.807, 2.05) is 0 Å². The number of nitro groups is 1. The molecular weight excluding hydrogens is 292 g/mol. The number of carbonyl (C=O) groups excluding carboxylic acids is 1. The van der Waals surface area contributed by atoms with Gasteiger partial charge in [-0.15, -0.1) is 0 Å². The van der Waals surface area contributed by atoms with Crippen molar-refractivity contribution >= 4 is 11.7 Å². The molecule has 0 aliphatic heterocycles. The largest absolute Gasteiger partial charge is 0.491 e. The lowest BCUT2D eigenvalue weighted by atomic mass is 9.87. The van der Waals surface area contributed by atoms with Crippen molar-refractivity contribution in [1.29, 1.82) is 0 Å². The lowest BCUT2D eigenvalue weighted by Crippen LogP contribution is -2.28. The van der Waals surface area contributed by atoms with Gasteiger partial charge in [-0.1, -0.05) is 0 Å². The number of hydrogen-bond acceptors (Lipinski definition) is 7. The minimum atomic E-state index is -0.541. The van der Waals surface area contributed by atoms with Gasteiger partial charge in [0.2, 0.25) is 0 Å². The zero-order valence-corrected chi connectivity index (χ0v) is 12.5. The number of carbonyl (C=O) groups is 1. The van der Waals surface area contributed by atoms with Gasteiger partial charge in [0.25, 0.3) is 11.6 Å². The molecule has 0 N–H and O–H groups in total. The Labute approximate surface area is 127 Å². The van der Waals surface area contributed by atoms with E-state index >= 15 is 0 Å². The van der Waals surface area contributed by atoms with E-state index < -0.39 is 4.92 Å². The lowest BCUT2D eigenvalue weighted by Gasteiger charge is -2.27. The van der Waals surface area contributed by atoms with E-state index in [-0.39, 0.29) is 35.3 Å². The number of aromatic nitrogens is 1. The van der Waals surface area contributed by atoms with Crippen LogP contribution in [0.25, 0.3) is 0 Å². The van der Waals surface area contributed by atoms with Crippen molar-refractivity contribution in [3.63, 3.8) is 0 Å². The van der Waals surface area contributed by atoms with Crippen LogP contribution in [0.2, 0.25) is 0 Å². The van der Waals surface area contributed by atoms with Crippen LogP contribution < -0.4 is 9.47 Å². The maximum Gasteiger partial charge on any atom is 0.308 e. The molecule has 0 unspecified atom stereocenters. The summed E-state index contributed by atoms with van der Waals surface area (Å²) in [6.45, 7) is 0. The third-order valence-electron chi connectivity index (χ3n) is 3.72. The Morgan fingerprint density at radius 3 is 2.55 bits per heavy atom. The first-order valence-corrected chi connectivity index (χ1v) is 6.98. The monoisotopic (exact) mass is 310 g/mol. The van der Waals surface area contributed by atoms with Gasteiger partial charge in [0, 0.05) is 0 Å². The Morgan fingerprint density at radius 1 is 1.32 bits per heavy atom. The van der Waals surface area contributed by atoms with Crippen molar-refractivity contribution in [1.82, 2.24) is 4.98 Å². The second-order valence-corrected chi connectivity index (χ2v) is 5.07. The van der Waals surface area contributed by atoms with Gasteiger partial charge in [0.1, 0.15) is 12.3 Å². The number of nitrogens with zero attached hydrogens (tertiary/aromatic N) is 2. The second kappa shape index (κ2) is 7.06. The molecule has 8 heteroatoms. The van der Waals surface area contributed by atoms with E-state index in [0.717, 1.165) is 6.20 Å². The fraction of sp³-hybridized carbons (Fsp3) is 0.571. The van der Waals surface area contributed by atoms with Gasteiger partial charge in [0.05, 0.1) is 31.1 Å². The molecule has 8 nitrogen and oxygen atoms in total. The average Bonchev–Trinajstić information content (AvgIpc) is 2.55. The van der Waals surface area contributed by atoms with E-state index in [1.165, 1.54) is 20.3 Å². The molecule has 22 heavy (non-hydrogen) atoms. The molecule has 0 aromatic carbocycles. The van der Waals surface area contributed by atoms with Crippen LogP contribution in [-0.2, 0) is 9.53 Å². The van der Waals surface area contributed by atoms with Crippen molar-refractivity contribution < 1.29 is 23.9 Å². The van der Waals surface area contributed by atoms with Crippen LogP contribution in [0.5, 0.6) is 11.6 Å². The van der Waals surface area contributed by atoms with Crippen molar-refractivity contribution in [3.05, 3.63) is 22.4 Å². The van der Waals surface area contributed by atoms with Crippen LogP contribution in [-0.4, -0.2) is 36.2 Å². The molecule has 1 fully saturated rings. The van der Waals surface area contributed by atoms with Gasteiger partial charge in [0.15, 0.2) is 5.75 Å². The molecule has 1 aliphatic rings. The molecule has 1 aliphatic carbocycles. The van der Waals surface area contributed by atoms with Gasteiger partial charge in [-0.05, 0) is 25.7 Å².